The molecule has 0 unspecified atom stereocenters. The Morgan fingerprint density at radius 3 is 2.62 bits per heavy atom. The lowest BCUT2D eigenvalue weighted by atomic mass is 10.1. The van der Waals surface area contributed by atoms with Crippen LogP contribution in [-0.2, 0) is 4.74 Å². The molecule has 1 heterocycles. The van der Waals surface area contributed by atoms with Gasteiger partial charge in [-0.2, -0.15) is 0 Å². The van der Waals surface area contributed by atoms with Crippen molar-refractivity contribution in [2.75, 3.05) is 45.9 Å². The number of ether oxygens (including phenoxy) is 2. The van der Waals surface area contributed by atoms with Crippen LogP contribution in [0.1, 0.15) is 18.1 Å². The summed E-state index contributed by atoms with van der Waals surface area (Å²) in [6.45, 7) is 9.80. The Balaban J connectivity index is 1.73. The van der Waals surface area contributed by atoms with Gasteiger partial charge in [0, 0.05) is 32.7 Å². The summed E-state index contributed by atoms with van der Waals surface area (Å²) in [5.74, 6) is 0.821. The quantitative estimate of drug-likeness (QED) is 0.858. The molecule has 0 radical (unpaired) electrons. The minimum Gasteiger partial charge on any atom is -0.491 e. The van der Waals surface area contributed by atoms with Crippen molar-refractivity contribution >= 4 is 6.09 Å². The van der Waals surface area contributed by atoms with Crippen molar-refractivity contribution in [3.8, 4) is 5.75 Å². The van der Waals surface area contributed by atoms with Gasteiger partial charge in [-0.3, -0.25) is 4.90 Å². The predicted octanol–water partition coefficient (Wildman–Crippen LogP) is 1.82. The lowest BCUT2D eigenvalue weighted by molar-refractivity contribution is 0.0406. The number of nitrogens with zero attached hydrogens (tertiary/aromatic N) is 2. The summed E-state index contributed by atoms with van der Waals surface area (Å²) in [7, 11) is 0. The average Bonchev–Trinajstić information content (AvgIpc) is 2.57. The maximum absolute atomic E-state index is 11.7. The molecule has 2 rings (SSSR count). The first-order chi connectivity index (χ1) is 11.5. The minimum atomic E-state index is -0.556. The first kappa shape index (κ1) is 18.5. The molecule has 0 saturated carbocycles. The van der Waals surface area contributed by atoms with Gasteiger partial charge in [0.25, 0.3) is 0 Å². The summed E-state index contributed by atoms with van der Waals surface area (Å²) in [5.41, 5.74) is 2.28. The molecule has 1 aliphatic heterocycles. The third kappa shape index (κ3) is 5.11. The Morgan fingerprint density at radius 2 is 1.96 bits per heavy atom. The molecule has 1 fully saturated rings. The fourth-order valence-corrected chi connectivity index (χ4v) is 2.75. The van der Waals surface area contributed by atoms with Gasteiger partial charge in [0.1, 0.15) is 18.5 Å². The second kappa shape index (κ2) is 8.89. The zero-order valence-corrected chi connectivity index (χ0v) is 14.8. The van der Waals surface area contributed by atoms with Gasteiger partial charge in [-0.05, 0) is 38.0 Å². The van der Waals surface area contributed by atoms with Gasteiger partial charge in [0.05, 0.1) is 6.61 Å². The lowest BCUT2D eigenvalue weighted by Crippen LogP contribution is -2.51. The predicted molar refractivity (Wildman–Crippen MR) is 92.5 cm³/mol. The highest BCUT2D eigenvalue weighted by atomic mass is 16.6. The maximum Gasteiger partial charge on any atom is 0.409 e. The Kier molecular flexibility index (Phi) is 6.87. The van der Waals surface area contributed by atoms with Crippen LogP contribution in [0.4, 0.5) is 4.79 Å². The van der Waals surface area contributed by atoms with E-state index in [-0.39, 0.29) is 12.7 Å². The highest BCUT2D eigenvalue weighted by Crippen LogP contribution is 2.20. The van der Waals surface area contributed by atoms with E-state index in [1.807, 2.05) is 32.0 Å². The monoisotopic (exact) mass is 336 g/mol. The highest BCUT2D eigenvalue weighted by Gasteiger charge is 2.23. The van der Waals surface area contributed by atoms with Gasteiger partial charge in [0.15, 0.2) is 0 Å². The molecule has 6 heteroatoms. The van der Waals surface area contributed by atoms with Crippen LogP contribution in [0.5, 0.6) is 5.75 Å². The number of carbonyl (C=O) groups is 1. The van der Waals surface area contributed by atoms with E-state index < -0.39 is 6.10 Å². The van der Waals surface area contributed by atoms with Gasteiger partial charge >= 0.3 is 6.09 Å². The molecule has 1 aromatic carbocycles. The van der Waals surface area contributed by atoms with Crippen LogP contribution in [-0.4, -0.2) is 73.0 Å². The average molecular weight is 336 g/mol. The van der Waals surface area contributed by atoms with Crippen molar-refractivity contribution < 1.29 is 19.4 Å². The van der Waals surface area contributed by atoms with Crippen LogP contribution in [0.15, 0.2) is 18.2 Å². The van der Waals surface area contributed by atoms with Gasteiger partial charge in [-0.15, -0.1) is 0 Å². The number of aliphatic hydroxyl groups excluding tert-OH is 1. The normalized spacial score (nSPS) is 16.8. The number of rotatable bonds is 6. The number of benzene rings is 1. The number of aryl methyl sites for hydroxylation is 1. The van der Waals surface area contributed by atoms with Crippen LogP contribution >= 0.6 is 0 Å². The largest absolute Gasteiger partial charge is 0.491 e. The van der Waals surface area contributed by atoms with E-state index in [1.54, 1.807) is 11.8 Å². The molecule has 1 aromatic rings. The van der Waals surface area contributed by atoms with Gasteiger partial charge in [-0.25, -0.2) is 4.79 Å². The number of amides is 1. The van der Waals surface area contributed by atoms with E-state index in [2.05, 4.69) is 4.90 Å². The van der Waals surface area contributed by atoms with E-state index in [4.69, 9.17) is 9.47 Å². The standard InChI is InChI=1S/C18H28N2O4/c1-4-23-18(22)20-10-8-19(9-11-20)12-16(21)13-24-17-7-5-6-14(2)15(17)3/h5-7,16,21H,4,8-13H2,1-3H3/t16-/m1/s1. The Morgan fingerprint density at radius 1 is 1.25 bits per heavy atom. The Hall–Kier alpha value is -1.79. The van der Waals surface area contributed by atoms with E-state index in [0.29, 0.717) is 26.2 Å². The molecule has 0 aliphatic carbocycles. The third-order valence-electron chi connectivity index (χ3n) is 4.35. The van der Waals surface area contributed by atoms with Crippen LogP contribution in [0.2, 0.25) is 0 Å². The first-order valence-corrected chi connectivity index (χ1v) is 8.52. The molecule has 6 nitrogen and oxygen atoms in total. The Bertz CT molecular complexity index is 542. The number of piperazine rings is 1. The summed E-state index contributed by atoms with van der Waals surface area (Å²) in [6.07, 6.45) is -0.810. The summed E-state index contributed by atoms with van der Waals surface area (Å²) >= 11 is 0. The topological polar surface area (TPSA) is 62.2 Å². The first-order valence-electron chi connectivity index (χ1n) is 8.52. The van der Waals surface area contributed by atoms with Crippen molar-refractivity contribution in [2.24, 2.45) is 0 Å². The zero-order valence-electron chi connectivity index (χ0n) is 14.8. The summed E-state index contributed by atoms with van der Waals surface area (Å²) in [6, 6.07) is 5.92. The number of β-amino-alcohol motifs (C(OH)–C–C–N with tert-alkyl or cyclic N) is 1. The van der Waals surface area contributed by atoms with Gasteiger partial charge in [-0.1, -0.05) is 12.1 Å². The summed E-state index contributed by atoms with van der Waals surface area (Å²) in [4.78, 5) is 15.5. The number of hydrogen-bond acceptors (Lipinski definition) is 5. The minimum absolute atomic E-state index is 0.254. The maximum atomic E-state index is 11.7. The van der Waals surface area contributed by atoms with Crippen LogP contribution in [0.25, 0.3) is 0 Å². The summed E-state index contributed by atoms with van der Waals surface area (Å²) in [5, 5.41) is 10.2. The Labute approximate surface area is 144 Å². The van der Waals surface area contributed by atoms with E-state index >= 15 is 0 Å². The lowest BCUT2D eigenvalue weighted by Gasteiger charge is -2.34. The van der Waals surface area contributed by atoms with Crippen LogP contribution in [0.3, 0.4) is 0 Å². The van der Waals surface area contributed by atoms with Gasteiger partial charge in [0.2, 0.25) is 0 Å². The van der Waals surface area contributed by atoms with Gasteiger partial charge < -0.3 is 19.5 Å². The molecular formula is C18H28N2O4. The van der Waals surface area contributed by atoms with Crippen molar-refractivity contribution in [3.05, 3.63) is 29.3 Å². The van der Waals surface area contributed by atoms with E-state index in [9.17, 15) is 9.90 Å². The van der Waals surface area contributed by atoms with E-state index in [1.165, 1.54) is 5.56 Å². The van der Waals surface area contributed by atoms with Crippen molar-refractivity contribution in [1.82, 2.24) is 9.80 Å². The molecule has 1 saturated heterocycles. The molecule has 0 spiro atoms. The second-order valence-corrected chi connectivity index (χ2v) is 6.15. The fourth-order valence-electron chi connectivity index (χ4n) is 2.75. The number of aliphatic hydroxyl groups is 1. The van der Waals surface area contributed by atoms with Crippen molar-refractivity contribution in [2.45, 2.75) is 26.9 Å². The number of carbonyl (C=O) groups excluding carboxylic acids is 1. The van der Waals surface area contributed by atoms with Crippen LogP contribution < -0.4 is 4.74 Å². The third-order valence-corrected chi connectivity index (χ3v) is 4.35. The smallest absolute Gasteiger partial charge is 0.409 e. The molecule has 24 heavy (non-hydrogen) atoms. The molecule has 0 bridgehead atoms. The SMILES string of the molecule is CCOC(=O)N1CCN(C[C@@H](O)COc2cccc(C)c2C)CC1. The molecular weight excluding hydrogens is 308 g/mol. The molecule has 1 amide bonds. The molecule has 1 atom stereocenters. The molecule has 1 N–H and O–H groups in total. The highest BCUT2D eigenvalue weighted by molar-refractivity contribution is 5.67. The molecule has 0 aromatic heterocycles. The second-order valence-electron chi connectivity index (χ2n) is 6.15. The summed E-state index contributed by atoms with van der Waals surface area (Å²) < 4.78 is 10.8. The molecule has 134 valence electrons. The zero-order chi connectivity index (χ0) is 17.5. The van der Waals surface area contributed by atoms with E-state index in [0.717, 1.165) is 24.4 Å². The molecule has 1 aliphatic rings. The van der Waals surface area contributed by atoms with Crippen LogP contribution in [0, 0.1) is 13.8 Å². The van der Waals surface area contributed by atoms with Crippen molar-refractivity contribution in [3.63, 3.8) is 0 Å². The van der Waals surface area contributed by atoms with Crippen molar-refractivity contribution in [1.29, 1.82) is 0 Å². The number of hydrogen-bond donors (Lipinski definition) is 1. The fraction of sp³-hybridized carbons (Fsp3) is 0.611.